The smallest absolute Gasteiger partial charge is 0.0508 e. The highest BCUT2D eigenvalue weighted by molar-refractivity contribution is 8.00. The summed E-state index contributed by atoms with van der Waals surface area (Å²) in [5.74, 6) is 0. The van der Waals surface area contributed by atoms with Crippen molar-refractivity contribution in [3.05, 3.63) is 0 Å². The molecule has 0 aliphatic carbocycles. The molecule has 0 radical (unpaired) electrons. The molecule has 98 valence electrons. The average Bonchev–Trinajstić information content (AvgIpc) is 2.26. The van der Waals surface area contributed by atoms with Crippen molar-refractivity contribution in [2.45, 2.75) is 89.8 Å². The van der Waals surface area contributed by atoms with Crippen molar-refractivity contribution >= 4 is 11.8 Å². The van der Waals surface area contributed by atoms with E-state index in [2.05, 4.69) is 51.7 Å². The van der Waals surface area contributed by atoms with Gasteiger partial charge >= 0.3 is 0 Å². The second kappa shape index (κ2) is 10.5. The van der Waals surface area contributed by atoms with E-state index in [4.69, 9.17) is 0 Å². The molecule has 0 aliphatic heterocycles. The van der Waals surface area contributed by atoms with Gasteiger partial charge in [0.25, 0.3) is 0 Å². The summed E-state index contributed by atoms with van der Waals surface area (Å²) < 4.78 is 0. The highest BCUT2D eigenvalue weighted by atomic mass is 32.2. The summed E-state index contributed by atoms with van der Waals surface area (Å²) in [7, 11) is 0. The van der Waals surface area contributed by atoms with Gasteiger partial charge in [0, 0.05) is 11.3 Å². The fourth-order valence-electron chi connectivity index (χ4n) is 2.15. The highest BCUT2D eigenvalue weighted by Gasteiger charge is 2.14. The van der Waals surface area contributed by atoms with E-state index in [0.29, 0.717) is 5.37 Å². The van der Waals surface area contributed by atoms with Gasteiger partial charge in [0.2, 0.25) is 0 Å². The molecule has 1 N–H and O–H groups in total. The third kappa shape index (κ3) is 7.56. The van der Waals surface area contributed by atoms with Crippen LogP contribution in [0.15, 0.2) is 0 Å². The van der Waals surface area contributed by atoms with E-state index >= 15 is 0 Å². The van der Waals surface area contributed by atoms with Crippen molar-refractivity contribution in [3.8, 4) is 0 Å². The Labute approximate surface area is 107 Å². The predicted octanol–water partition coefficient (Wildman–Crippen LogP) is 4.81. The molecule has 0 aliphatic rings. The Bertz CT molecular complexity index is 140. The Hall–Kier alpha value is 0.310. The molecule has 16 heavy (non-hydrogen) atoms. The molecular weight excluding hydrogens is 214 g/mol. The molecule has 2 heteroatoms. The molecule has 0 saturated carbocycles. The summed E-state index contributed by atoms with van der Waals surface area (Å²) in [4.78, 5) is 0. The first-order valence-corrected chi connectivity index (χ1v) is 8.03. The summed E-state index contributed by atoms with van der Waals surface area (Å²) >= 11 is 2.11. The van der Waals surface area contributed by atoms with Crippen LogP contribution in [0, 0.1) is 0 Å². The van der Waals surface area contributed by atoms with Crippen molar-refractivity contribution < 1.29 is 0 Å². The lowest BCUT2D eigenvalue weighted by molar-refractivity contribution is 0.442. The van der Waals surface area contributed by atoms with Crippen LogP contribution in [0.3, 0.4) is 0 Å². The zero-order valence-electron chi connectivity index (χ0n) is 11.9. The second-order valence-corrected chi connectivity index (χ2v) is 6.30. The quantitative estimate of drug-likeness (QED) is 0.554. The molecular formula is C14H31NS. The maximum atomic E-state index is 3.78. The molecule has 0 saturated heterocycles. The molecule has 0 bridgehead atoms. The molecule has 0 spiro atoms. The lowest BCUT2D eigenvalue weighted by Crippen LogP contribution is -2.35. The maximum Gasteiger partial charge on any atom is 0.0508 e. The second-order valence-electron chi connectivity index (χ2n) is 4.66. The molecule has 1 unspecified atom stereocenters. The van der Waals surface area contributed by atoms with Crippen LogP contribution in [0.5, 0.6) is 0 Å². The van der Waals surface area contributed by atoms with E-state index in [1.807, 2.05) is 0 Å². The summed E-state index contributed by atoms with van der Waals surface area (Å²) in [6.07, 6.45) is 7.81. The molecule has 1 atom stereocenters. The first-order valence-electron chi connectivity index (χ1n) is 7.09. The topological polar surface area (TPSA) is 12.0 Å². The Morgan fingerprint density at radius 1 is 0.938 bits per heavy atom. The Balaban J connectivity index is 3.91. The van der Waals surface area contributed by atoms with Crippen molar-refractivity contribution in [3.63, 3.8) is 0 Å². The molecule has 0 aromatic heterocycles. The summed E-state index contributed by atoms with van der Waals surface area (Å²) in [5.41, 5.74) is 0. The lowest BCUT2D eigenvalue weighted by atomic mass is 10.1. The van der Waals surface area contributed by atoms with Gasteiger partial charge in [-0.1, -0.05) is 40.5 Å². The van der Waals surface area contributed by atoms with Crippen LogP contribution in [0.1, 0.15) is 73.1 Å². The number of rotatable bonds is 10. The maximum absolute atomic E-state index is 3.78. The molecule has 1 nitrogen and oxygen atoms in total. The monoisotopic (exact) mass is 245 g/mol. The first kappa shape index (κ1) is 16.3. The standard InChI is InChI=1S/C14H31NS/c1-6-10-13(11-7-2)15-12(5)16-14(8-3)9-4/h12-15H,6-11H2,1-5H3. The van der Waals surface area contributed by atoms with Gasteiger partial charge in [-0.25, -0.2) is 0 Å². The number of nitrogens with one attached hydrogen (secondary N) is 1. The van der Waals surface area contributed by atoms with E-state index in [-0.39, 0.29) is 0 Å². The normalized spacial score (nSPS) is 13.7. The predicted molar refractivity (Wildman–Crippen MR) is 78.2 cm³/mol. The van der Waals surface area contributed by atoms with E-state index in [1.54, 1.807) is 0 Å². The Morgan fingerprint density at radius 2 is 1.44 bits per heavy atom. The molecule has 0 heterocycles. The van der Waals surface area contributed by atoms with E-state index < -0.39 is 0 Å². The van der Waals surface area contributed by atoms with Gasteiger partial charge in [0.05, 0.1) is 5.37 Å². The van der Waals surface area contributed by atoms with E-state index in [9.17, 15) is 0 Å². The third-order valence-corrected chi connectivity index (χ3v) is 4.65. The van der Waals surface area contributed by atoms with Crippen LogP contribution in [-0.4, -0.2) is 16.7 Å². The fraction of sp³-hybridized carbons (Fsp3) is 1.00. The SMILES string of the molecule is CCCC(CCC)NC(C)SC(CC)CC. The molecule has 0 aromatic rings. The highest BCUT2D eigenvalue weighted by Crippen LogP contribution is 2.22. The molecule has 0 rings (SSSR count). The lowest BCUT2D eigenvalue weighted by Gasteiger charge is -2.25. The average molecular weight is 245 g/mol. The molecule has 0 aromatic carbocycles. The van der Waals surface area contributed by atoms with Crippen LogP contribution >= 0.6 is 11.8 Å². The van der Waals surface area contributed by atoms with Crippen LogP contribution in [0.4, 0.5) is 0 Å². The van der Waals surface area contributed by atoms with Crippen molar-refractivity contribution in [1.29, 1.82) is 0 Å². The fourth-order valence-corrected chi connectivity index (χ4v) is 3.38. The largest absolute Gasteiger partial charge is 0.303 e. The molecule has 0 amide bonds. The van der Waals surface area contributed by atoms with E-state index in [1.165, 1.54) is 38.5 Å². The van der Waals surface area contributed by atoms with Crippen LogP contribution in [0.2, 0.25) is 0 Å². The first-order chi connectivity index (χ1) is 7.67. The van der Waals surface area contributed by atoms with Crippen molar-refractivity contribution in [1.82, 2.24) is 5.32 Å². The van der Waals surface area contributed by atoms with Gasteiger partial charge in [-0.15, -0.1) is 11.8 Å². The Kier molecular flexibility index (Phi) is 10.7. The van der Waals surface area contributed by atoms with Crippen molar-refractivity contribution in [2.24, 2.45) is 0 Å². The van der Waals surface area contributed by atoms with Crippen molar-refractivity contribution in [2.75, 3.05) is 0 Å². The minimum atomic E-state index is 0.605. The summed E-state index contributed by atoms with van der Waals surface area (Å²) in [5, 5.41) is 5.21. The van der Waals surface area contributed by atoms with Gasteiger partial charge in [0.15, 0.2) is 0 Å². The number of thioether (sulfide) groups is 1. The number of hydrogen-bond acceptors (Lipinski definition) is 2. The van der Waals surface area contributed by atoms with Crippen LogP contribution in [-0.2, 0) is 0 Å². The Morgan fingerprint density at radius 3 is 1.81 bits per heavy atom. The number of hydrogen-bond donors (Lipinski definition) is 1. The van der Waals surface area contributed by atoms with Gasteiger partial charge < -0.3 is 5.32 Å². The zero-order chi connectivity index (χ0) is 12.4. The van der Waals surface area contributed by atoms with Gasteiger partial charge in [0.1, 0.15) is 0 Å². The van der Waals surface area contributed by atoms with Gasteiger partial charge in [-0.2, -0.15) is 0 Å². The summed E-state index contributed by atoms with van der Waals surface area (Å²) in [6.45, 7) is 11.5. The summed E-state index contributed by atoms with van der Waals surface area (Å²) in [6, 6.07) is 0.729. The zero-order valence-corrected chi connectivity index (χ0v) is 12.7. The van der Waals surface area contributed by atoms with E-state index in [0.717, 1.165) is 11.3 Å². The van der Waals surface area contributed by atoms with Crippen LogP contribution < -0.4 is 5.32 Å². The third-order valence-electron chi connectivity index (χ3n) is 3.05. The molecule has 0 fully saturated rings. The minimum absolute atomic E-state index is 0.605. The van der Waals surface area contributed by atoms with Gasteiger partial charge in [-0.3, -0.25) is 0 Å². The van der Waals surface area contributed by atoms with Gasteiger partial charge in [-0.05, 0) is 32.6 Å². The minimum Gasteiger partial charge on any atom is -0.303 e. The van der Waals surface area contributed by atoms with Crippen LogP contribution in [0.25, 0.3) is 0 Å².